The molecule has 2 radical (unpaired) electrons. The van der Waals surface area contributed by atoms with E-state index < -0.39 is 56.6 Å². The highest BCUT2D eigenvalue weighted by Crippen LogP contribution is 2.47. The summed E-state index contributed by atoms with van der Waals surface area (Å²) in [6.45, 7) is 0. The predicted molar refractivity (Wildman–Crippen MR) is 68.5 cm³/mol. The number of hydrogen-bond acceptors (Lipinski definition) is 4. The van der Waals surface area contributed by atoms with Crippen LogP contribution in [0.2, 0.25) is 0 Å². The van der Waals surface area contributed by atoms with Gasteiger partial charge in [0, 0.05) is 0 Å². The average Bonchev–Trinajstić information content (AvgIpc) is 2.36. The molecule has 0 unspecified atom stereocenters. The van der Waals surface area contributed by atoms with Gasteiger partial charge >= 0.3 is 23.9 Å². The molecule has 0 aliphatic heterocycles. The number of carbonyl (C=O) groups is 1. The number of esters is 1. The smallest absolute Gasteiger partial charge is 0.434 e. The fraction of sp³-hybridized carbons (Fsp3) is 0.364. The van der Waals surface area contributed by atoms with Crippen molar-refractivity contribution >= 4 is 29.4 Å². The van der Waals surface area contributed by atoms with Crippen molar-refractivity contribution in [3.8, 4) is 0 Å². The van der Waals surface area contributed by atoms with E-state index in [4.69, 9.17) is 12.4 Å². The molecule has 0 amide bonds. The summed E-state index contributed by atoms with van der Waals surface area (Å²) in [5.41, 5.74) is -7.41. The summed E-state index contributed by atoms with van der Waals surface area (Å²) in [5, 5.41) is 0. The van der Waals surface area contributed by atoms with Crippen LogP contribution < -0.4 is 5.46 Å². The largest absolute Gasteiger partial charge is 0.438 e. The maximum atomic E-state index is 13.4. The molecule has 1 N–H and O–H groups in total. The molecule has 25 heavy (non-hydrogen) atoms. The number of carbonyl (C=O) groups excluding carboxylic acids is 1. The molecular weight excluding hydrogens is 388 g/mol. The van der Waals surface area contributed by atoms with Gasteiger partial charge in [0.05, 0.1) is 5.56 Å². The van der Waals surface area contributed by atoms with Crippen LogP contribution in [0, 0.1) is 5.82 Å². The van der Waals surface area contributed by atoms with Gasteiger partial charge in [0.1, 0.15) is 19.4 Å². The second-order valence-corrected chi connectivity index (χ2v) is 6.13. The molecule has 5 nitrogen and oxygen atoms in total. The summed E-state index contributed by atoms with van der Waals surface area (Å²) in [4.78, 5) is 11.6. The Morgan fingerprint density at radius 2 is 1.60 bits per heavy atom. The van der Waals surface area contributed by atoms with Crippen molar-refractivity contribution in [3.63, 3.8) is 0 Å². The first-order chi connectivity index (χ1) is 11.0. The lowest BCUT2D eigenvalue weighted by Gasteiger charge is -2.35. The van der Waals surface area contributed by atoms with Crippen LogP contribution >= 0.6 is 0 Å². The lowest BCUT2D eigenvalue weighted by Crippen LogP contribution is -2.63. The standard InChI is InChI=1S/C11H6BF7O5S/c12-5-1-2-7(13)6(3-5)8(20)24-9(10(14,15)16,11(17,18)19)4-25(21,22)23/h1-3H,4H2,(H,21,22,23). The van der Waals surface area contributed by atoms with Crippen molar-refractivity contribution in [2.45, 2.75) is 18.0 Å². The summed E-state index contributed by atoms with van der Waals surface area (Å²) in [6.07, 6.45) is -13.0. The molecule has 0 spiro atoms. The van der Waals surface area contributed by atoms with Gasteiger partial charge in [0.2, 0.25) is 0 Å². The van der Waals surface area contributed by atoms with Crippen molar-refractivity contribution < 1.29 is 53.2 Å². The molecule has 0 atom stereocenters. The molecule has 1 aromatic rings. The fourth-order valence-electron chi connectivity index (χ4n) is 1.64. The lowest BCUT2D eigenvalue weighted by molar-refractivity contribution is -0.356. The Kier molecular flexibility index (Phi) is 5.50. The Hall–Kier alpha value is -1.83. The maximum absolute atomic E-state index is 13.4. The number of hydrogen-bond donors (Lipinski definition) is 1. The third-order valence-electron chi connectivity index (χ3n) is 2.78. The van der Waals surface area contributed by atoms with E-state index in [0.717, 1.165) is 6.07 Å². The van der Waals surface area contributed by atoms with Gasteiger partial charge in [-0.2, -0.15) is 34.8 Å². The molecule has 0 aromatic heterocycles. The number of rotatable bonds is 4. The fourth-order valence-corrected chi connectivity index (χ4v) is 2.54. The Labute approximate surface area is 136 Å². The van der Waals surface area contributed by atoms with E-state index in [0.29, 0.717) is 12.1 Å². The Morgan fingerprint density at radius 1 is 1.12 bits per heavy atom. The second-order valence-electron chi connectivity index (χ2n) is 4.68. The zero-order valence-corrected chi connectivity index (χ0v) is 12.5. The number of ether oxygens (including phenoxy) is 1. The average molecular weight is 394 g/mol. The van der Waals surface area contributed by atoms with Crippen LogP contribution in [-0.4, -0.2) is 50.5 Å². The van der Waals surface area contributed by atoms with Crippen LogP contribution in [0.3, 0.4) is 0 Å². The van der Waals surface area contributed by atoms with Gasteiger partial charge in [0.15, 0.2) is 0 Å². The zero-order valence-electron chi connectivity index (χ0n) is 11.7. The van der Waals surface area contributed by atoms with Gasteiger partial charge in [-0.15, -0.1) is 0 Å². The lowest BCUT2D eigenvalue weighted by atomic mass is 9.94. The zero-order chi connectivity index (χ0) is 19.8. The highest BCUT2D eigenvalue weighted by atomic mass is 32.2. The molecule has 0 saturated carbocycles. The molecule has 0 saturated heterocycles. The minimum Gasteiger partial charge on any atom is -0.434 e. The molecule has 14 heteroatoms. The van der Waals surface area contributed by atoms with E-state index in [-0.39, 0.29) is 0 Å². The molecule has 0 bridgehead atoms. The molecule has 0 heterocycles. The van der Waals surface area contributed by atoms with Gasteiger partial charge in [-0.1, -0.05) is 17.6 Å². The second kappa shape index (κ2) is 6.48. The van der Waals surface area contributed by atoms with E-state index in [1.54, 1.807) is 0 Å². The van der Waals surface area contributed by atoms with E-state index in [2.05, 4.69) is 4.74 Å². The first kappa shape index (κ1) is 21.2. The molecule has 1 rings (SSSR count). The van der Waals surface area contributed by atoms with Crippen molar-refractivity contribution in [3.05, 3.63) is 29.6 Å². The van der Waals surface area contributed by atoms with Crippen molar-refractivity contribution in [2.75, 3.05) is 5.75 Å². The van der Waals surface area contributed by atoms with Crippen molar-refractivity contribution in [1.82, 2.24) is 0 Å². The van der Waals surface area contributed by atoms with Crippen LogP contribution in [0.25, 0.3) is 0 Å². The minimum atomic E-state index is -6.51. The topological polar surface area (TPSA) is 80.7 Å². The molecule has 0 aliphatic carbocycles. The van der Waals surface area contributed by atoms with Crippen molar-refractivity contribution in [2.24, 2.45) is 0 Å². The normalized spacial score (nSPS) is 13.6. The molecule has 0 fully saturated rings. The maximum Gasteiger partial charge on any atom is 0.438 e. The van der Waals surface area contributed by atoms with Crippen LogP contribution in [0.1, 0.15) is 10.4 Å². The van der Waals surface area contributed by atoms with Crippen LogP contribution in [0.15, 0.2) is 18.2 Å². The Balaban J connectivity index is 3.53. The van der Waals surface area contributed by atoms with E-state index >= 15 is 0 Å². The molecular formula is C11H6BF7O5S. The van der Waals surface area contributed by atoms with Crippen LogP contribution in [0.5, 0.6) is 0 Å². The number of benzene rings is 1. The van der Waals surface area contributed by atoms with Gasteiger partial charge in [-0.25, -0.2) is 9.18 Å². The third kappa shape index (κ3) is 4.63. The van der Waals surface area contributed by atoms with Gasteiger partial charge in [-0.3, -0.25) is 4.55 Å². The van der Waals surface area contributed by atoms with E-state index in [9.17, 15) is 43.9 Å². The third-order valence-corrected chi connectivity index (χ3v) is 3.55. The summed E-state index contributed by atoms with van der Waals surface area (Å²) in [6, 6.07) is 1.71. The van der Waals surface area contributed by atoms with Gasteiger partial charge < -0.3 is 4.74 Å². The first-order valence-corrected chi connectivity index (χ1v) is 7.48. The van der Waals surface area contributed by atoms with Gasteiger partial charge in [0.25, 0.3) is 10.1 Å². The minimum absolute atomic E-state index is 0.391. The van der Waals surface area contributed by atoms with Gasteiger partial charge in [-0.05, 0) is 6.07 Å². The van der Waals surface area contributed by atoms with Crippen LogP contribution in [0.4, 0.5) is 30.7 Å². The monoisotopic (exact) mass is 394 g/mol. The van der Waals surface area contributed by atoms with Crippen LogP contribution in [-0.2, 0) is 14.9 Å². The van der Waals surface area contributed by atoms with E-state index in [1.165, 1.54) is 0 Å². The molecule has 138 valence electrons. The number of alkyl halides is 6. The number of halogens is 7. The molecule has 0 aliphatic rings. The summed E-state index contributed by atoms with van der Waals surface area (Å²) < 4.78 is 124. The highest BCUT2D eigenvalue weighted by Gasteiger charge is 2.76. The summed E-state index contributed by atoms with van der Waals surface area (Å²) in [7, 11) is -0.782. The summed E-state index contributed by atoms with van der Waals surface area (Å²) in [5.74, 6) is -7.12. The van der Waals surface area contributed by atoms with E-state index in [1.807, 2.05) is 0 Å². The summed E-state index contributed by atoms with van der Waals surface area (Å²) >= 11 is 0. The Bertz CT molecular complexity index is 758. The Morgan fingerprint density at radius 3 is 2.00 bits per heavy atom. The molecule has 1 aromatic carbocycles. The highest BCUT2D eigenvalue weighted by molar-refractivity contribution is 7.85. The first-order valence-electron chi connectivity index (χ1n) is 5.87. The quantitative estimate of drug-likeness (QED) is 0.363. The SMILES string of the molecule is [B]c1ccc(F)c(C(=O)OC(CS(=O)(=O)O)(C(F)(F)F)C(F)(F)F)c1. The predicted octanol–water partition coefficient (Wildman–Crippen LogP) is 1.53. The van der Waals surface area contributed by atoms with Crippen molar-refractivity contribution in [1.29, 1.82) is 0 Å².